The number of hydrogen-bond donors (Lipinski definition) is 1. The fourth-order valence-electron chi connectivity index (χ4n) is 4.28. The number of aliphatic hydroxyl groups is 1. The molecule has 156 valence electrons. The normalized spacial score (nSPS) is 26.3. The van der Waals surface area contributed by atoms with E-state index in [9.17, 15) is 9.50 Å². The first kappa shape index (κ1) is 20.6. The van der Waals surface area contributed by atoms with Crippen molar-refractivity contribution in [3.8, 4) is 6.07 Å². The fourth-order valence-corrected chi connectivity index (χ4v) is 4.28. The van der Waals surface area contributed by atoms with Crippen LogP contribution in [0.25, 0.3) is 0 Å². The molecule has 0 saturated heterocycles. The number of rotatable bonds is 2. The summed E-state index contributed by atoms with van der Waals surface area (Å²) in [7, 11) is 0. The highest BCUT2D eigenvalue weighted by Gasteiger charge is 2.40. The highest BCUT2D eigenvalue weighted by molar-refractivity contribution is 5.94. The zero-order chi connectivity index (χ0) is 22.0. The van der Waals surface area contributed by atoms with Crippen molar-refractivity contribution in [1.29, 1.82) is 5.26 Å². The molecule has 0 radical (unpaired) electrons. The molecule has 4 rings (SSSR count). The number of nitrogens with zero attached hydrogens (tertiary/aromatic N) is 3. The Kier molecular flexibility index (Phi) is 5.73. The zero-order valence-corrected chi connectivity index (χ0v) is 17.4. The average Bonchev–Trinajstić information content (AvgIpc) is 3.16. The second-order valence-corrected chi connectivity index (χ2v) is 8.04. The van der Waals surface area contributed by atoms with E-state index >= 15 is 0 Å². The lowest BCUT2D eigenvalue weighted by Gasteiger charge is -2.29. The van der Waals surface area contributed by atoms with E-state index in [1.807, 2.05) is 35.4 Å². The van der Waals surface area contributed by atoms with Gasteiger partial charge in [0.2, 0.25) is 0 Å². The van der Waals surface area contributed by atoms with Crippen LogP contribution in [0.2, 0.25) is 0 Å². The van der Waals surface area contributed by atoms with Gasteiger partial charge >= 0.3 is 0 Å². The Hall–Kier alpha value is -3.65. The molecule has 0 aromatic heterocycles. The van der Waals surface area contributed by atoms with Crippen LogP contribution in [-0.4, -0.2) is 10.8 Å². The number of benzene rings is 2. The van der Waals surface area contributed by atoms with Gasteiger partial charge < -0.3 is 5.11 Å². The van der Waals surface area contributed by atoms with E-state index < -0.39 is 0 Å². The van der Waals surface area contributed by atoms with Crippen molar-refractivity contribution in [3.63, 3.8) is 0 Å². The van der Waals surface area contributed by atoms with E-state index in [1.54, 1.807) is 24.3 Å². The van der Waals surface area contributed by atoms with Gasteiger partial charge in [-0.2, -0.15) is 10.4 Å². The number of nitriles is 1. The molecule has 0 saturated carbocycles. The molecule has 0 bridgehead atoms. The molecule has 5 heteroatoms. The Morgan fingerprint density at radius 3 is 2.55 bits per heavy atom. The SMILES string of the molecule is C=C1/C=C(O)\C=C/C(C)C2=NN(c3ccc(C#N)cc3)C(c3ccc(F)cc3)C2CC1. The van der Waals surface area contributed by atoms with E-state index in [1.165, 1.54) is 12.1 Å². The van der Waals surface area contributed by atoms with Crippen molar-refractivity contribution < 1.29 is 9.50 Å². The Balaban J connectivity index is 1.81. The number of hydrazone groups is 1. The first-order valence-electron chi connectivity index (χ1n) is 10.4. The van der Waals surface area contributed by atoms with Crippen LogP contribution in [0.1, 0.15) is 36.9 Å². The maximum absolute atomic E-state index is 13.7. The summed E-state index contributed by atoms with van der Waals surface area (Å²) in [6.07, 6.45) is 6.85. The Bertz CT molecular complexity index is 1110. The summed E-state index contributed by atoms with van der Waals surface area (Å²) in [5.41, 5.74) is 4.30. The maximum Gasteiger partial charge on any atom is 0.123 e. The summed E-state index contributed by atoms with van der Waals surface area (Å²) in [5, 5.41) is 26.2. The molecular formula is C26H24FN3O. The molecule has 31 heavy (non-hydrogen) atoms. The molecule has 1 N–H and O–H groups in total. The van der Waals surface area contributed by atoms with E-state index in [2.05, 4.69) is 19.6 Å². The number of fused-ring (bicyclic) bond motifs is 1. The number of allylic oxidation sites excluding steroid dienone is 4. The largest absolute Gasteiger partial charge is 0.508 e. The molecule has 0 amide bonds. The first-order valence-corrected chi connectivity index (χ1v) is 10.4. The van der Waals surface area contributed by atoms with Gasteiger partial charge in [0.1, 0.15) is 11.6 Å². The number of halogens is 1. The molecule has 0 fully saturated rings. The summed E-state index contributed by atoms with van der Waals surface area (Å²) in [5.74, 6) is 0.0152. The summed E-state index contributed by atoms with van der Waals surface area (Å²) >= 11 is 0. The van der Waals surface area contributed by atoms with E-state index in [0.717, 1.165) is 29.0 Å². The maximum atomic E-state index is 13.7. The van der Waals surface area contributed by atoms with Crippen molar-refractivity contribution in [1.82, 2.24) is 0 Å². The van der Waals surface area contributed by atoms with E-state index in [0.29, 0.717) is 12.0 Å². The van der Waals surface area contributed by atoms with Crippen molar-refractivity contribution in [2.24, 2.45) is 16.9 Å². The smallest absolute Gasteiger partial charge is 0.123 e. The van der Waals surface area contributed by atoms with Gasteiger partial charge in [-0.25, -0.2) is 4.39 Å². The van der Waals surface area contributed by atoms with Gasteiger partial charge in [0, 0.05) is 11.8 Å². The van der Waals surface area contributed by atoms with Gasteiger partial charge in [0.05, 0.1) is 29.1 Å². The second kappa shape index (κ2) is 8.61. The fraction of sp³-hybridized carbons (Fsp3) is 0.231. The van der Waals surface area contributed by atoms with Crippen LogP contribution in [0.5, 0.6) is 0 Å². The lowest BCUT2D eigenvalue weighted by molar-refractivity contribution is 0.430. The minimum absolute atomic E-state index is 0.0123. The third-order valence-corrected chi connectivity index (χ3v) is 5.87. The summed E-state index contributed by atoms with van der Waals surface area (Å²) < 4.78 is 13.7. The molecule has 2 aromatic carbocycles. The molecule has 2 aromatic rings. The van der Waals surface area contributed by atoms with Gasteiger partial charge in [-0.05, 0) is 67.0 Å². The molecule has 1 aliphatic heterocycles. The Morgan fingerprint density at radius 2 is 1.87 bits per heavy atom. The average molecular weight is 413 g/mol. The molecular weight excluding hydrogens is 389 g/mol. The lowest BCUT2D eigenvalue weighted by Crippen LogP contribution is -2.27. The van der Waals surface area contributed by atoms with Gasteiger partial charge in [0.25, 0.3) is 0 Å². The van der Waals surface area contributed by atoms with Crippen molar-refractivity contribution in [3.05, 3.63) is 102 Å². The number of aliphatic hydroxyl groups excluding tert-OH is 1. The van der Waals surface area contributed by atoms with Crippen molar-refractivity contribution in [2.45, 2.75) is 25.8 Å². The highest BCUT2D eigenvalue weighted by atomic mass is 19.1. The lowest BCUT2D eigenvalue weighted by atomic mass is 9.80. The van der Waals surface area contributed by atoms with Crippen LogP contribution >= 0.6 is 0 Å². The summed E-state index contributed by atoms with van der Waals surface area (Å²) in [6, 6.07) is 16.0. The standard InChI is InChI=1S/C26H24FN3O/c1-17-3-14-24-25(18(2)4-13-23(31)15-17)29-30(22-11-5-19(16-28)6-12-22)26(24)20-7-9-21(27)10-8-20/h4-13,15,18,24,26,31H,1,3,14H2,2H3/b13-4-,23-15+. The molecule has 3 atom stereocenters. The first-order chi connectivity index (χ1) is 15.0. The van der Waals surface area contributed by atoms with E-state index in [4.69, 9.17) is 10.4 Å². The highest BCUT2D eigenvalue weighted by Crippen LogP contribution is 2.43. The molecule has 0 spiro atoms. The predicted molar refractivity (Wildman–Crippen MR) is 121 cm³/mol. The minimum atomic E-state index is -0.274. The Labute approximate surface area is 181 Å². The summed E-state index contributed by atoms with van der Waals surface area (Å²) in [6.45, 7) is 6.14. The monoisotopic (exact) mass is 413 g/mol. The van der Waals surface area contributed by atoms with Crippen molar-refractivity contribution in [2.75, 3.05) is 5.01 Å². The minimum Gasteiger partial charge on any atom is -0.508 e. The molecule has 4 nitrogen and oxygen atoms in total. The molecule has 1 aliphatic carbocycles. The van der Waals surface area contributed by atoms with Crippen LogP contribution < -0.4 is 5.01 Å². The molecule has 1 heterocycles. The van der Waals surface area contributed by atoms with Crippen LogP contribution in [0.15, 0.2) is 89.8 Å². The Morgan fingerprint density at radius 1 is 1.16 bits per heavy atom. The van der Waals surface area contributed by atoms with Crippen LogP contribution in [0, 0.1) is 29.0 Å². The third-order valence-electron chi connectivity index (χ3n) is 5.87. The van der Waals surface area contributed by atoms with Crippen LogP contribution in [0.4, 0.5) is 10.1 Å². The molecule has 3 unspecified atom stereocenters. The second-order valence-electron chi connectivity index (χ2n) is 8.04. The van der Waals surface area contributed by atoms with E-state index in [-0.39, 0.29) is 29.5 Å². The quantitative estimate of drug-likeness (QED) is 0.636. The topological polar surface area (TPSA) is 59.6 Å². The zero-order valence-electron chi connectivity index (χ0n) is 17.4. The number of hydrogen-bond acceptors (Lipinski definition) is 4. The van der Waals surface area contributed by atoms with Gasteiger partial charge in [-0.15, -0.1) is 0 Å². The summed E-state index contributed by atoms with van der Waals surface area (Å²) in [4.78, 5) is 0. The van der Waals surface area contributed by atoms with Crippen LogP contribution in [0.3, 0.4) is 0 Å². The number of anilines is 1. The molecule has 2 aliphatic rings. The van der Waals surface area contributed by atoms with Gasteiger partial charge in [-0.1, -0.05) is 37.3 Å². The van der Waals surface area contributed by atoms with Crippen LogP contribution in [-0.2, 0) is 0 Å². The third kappa shape index (κ3) is 4.29. The van der Waals surface area contributed by atoms with Gasteiger partial charge in [-0.3, -0.25) is 5.01 Å². The van der Waals surface area contributed by atoms with Gasteiger partial charge in [0.15, 0.2) is 0 Å². The predicted octanol–water partition coefficient (Wildman–Crippen LogP) is 6.22. The van der Waals surface area contributed by atoms with Crippen molar-refractivity contribution >= 4 is 11.4 Å².